The summed E-state index contributed by atoms with van der Waals surface area (Å²) in [4.78, 5) is 11.5. The molecule has 24 heavy (non-hydrogen) atoms. The quantitative estimate of drug-likeness (QED) is 0.757. The van der Waals surface area contributed by atoms with Crippen LogP contribution in [0.4, 0.5) is 0 Å². The zero-order valence-electron chi connectivity index (χ0n) is 14.6. The normalized spacial score (nSPS) is 28.3. The van der Waals surface area contributed by atoms with E-state index in [-0.39, 0.29) is 17.5 Å². The maximum Gasteiger partial charge on any atom is 0.302 e. The van der Waals surface area contributed by atoms with E-state index in [9.17, 15) is 4.79 Å². The van der Waals surface area contributed by atoms with Crippen molar-refractivity contribution in [1.29, 1.82) is 0 Å². The van der Waals surface area contributed by atoms with Gasteiger partial charge in [-0.25, -0.2) is 0 Å². The third-order valence-electron chi connectivity index (χ3n) is 6.22. The third-order valence-corrected chi connectivity index (χ3v) is 6.22. The standard InChI is InChI=1S/C21H24O3/c1-13(22)24-20-9-8-19-18-6-4-14-12-15(23-3)5-7-16(14)17(18)10-11-21(19,20)2/h4-7,12,19-20H,8-11H2,1-3H3/t19-,20+,21+/m1/s1. The van der Waals surface area contributed by atoms with E-state index in [0.717, 1.165) is 31.4 Å². The minimum atomic E-state index is -0.154. The molecular weight excluding hydrogens is 300 g/mol. The zero-order valence-corrected chi connectivity index (χ0v) is 14.6. The van der Waals surface area contributed by atoms with E-state index >= 15 is 0 Å². The molecule has 0 aliphatic heterocycles. The molecule has 2 aliphatic carbocycles. The Morgan fingerprint density at radius 2 is 2.04 bits per heavy atom. The van der Waals surface area contributed by atoms with Gasteiger partial charge in [-0.2, -0.15) is 0 Å². The van der Waals surface area contributed by atoms with Crippen LogP contribution in [0.3, 0.4) is 0 Å². The first-order valence-electron chi connectivity index (χ1n) is 8.79. The highest BCUT2D eigenvalue weighted by molar-refractivity contribution is 5.88. The van der Waals surface area contributed by atoms with E-state index in [0.29, 0.717) is 5.92 Å². The van der Waals surface area contributed by atoms with Gasteiger partial charge in [-0.3, -0.25) is 4.79 Å². The summed E-state index contributed by atoms with van der Waals surface area (Å²) in [6, 6.07) is 10.8. The minimum Gasteiger partial charge on any atom is -0.497 e. The molecule has 0 saturated heterocycles. The lowest BCUT2D eigenvalue weighted by molar-refractivity contribution is -0.152. The summed E-state index contributed by atoms with van der Waals surface area (Å²) in [5, 5.41) is 2.58. The second kappa shape index (κ2) is 5.51. The lowest BCUT2D eigenvalue weighted by atomic mass is 9.65. The van der Waals surface area contributed by atoms with Gasteiger partial charge in [0.15, 0.2) is 0 Å². The highest BCUT2D eigenvalue weighted by atomic mass is 16.5. The van der Waals surface area contributed by atoms with Crippen LogP contribution in [0.25, 0.3) is 10.8 Å². The molecule has 0 amide bonds. The molecule has 0 unspecified atom stereocenters. The van der Waals surface area contributed by atoms with Gasteiger partial charge in [0.25, 0.3) is 0 Å². The summed E-state index contributed by atoms with van der Waals surface area (Å²) in [5.74, 6) is 1.23. The summed E-state index contributed by atoms with van der Waals surface area (Å²) in [5.41, 5.74) is 3.00. The summed E-state index contributed by atoms with van der Waals surface area (Å²) in [6.45, 7) is 3.83. The van der Waals surface area contributed by atoms with Crippen LogP contribution in [-0.2, 0) is 16.0 Å². The Bertz CT molecular complexity index is 810. The second-order valence-corrected chi connectivity index (χ2v) is 7.45. The summed E-state index contributed by atoms with van der Waals surface area (Å²) in [7, 11) is 1.71. The molecule has 0 radical (unpaired) electrons. The van der Waals surface area contributed by atoms with Crippen molar-refractivity contribution < 1.29 is 14.3 Å². The molecule has 2 aromatic rings. The van der Waals surface area contributed by atoms with Crippen LogP contribution in [-0.4, -0.2) is 19.2 Å². The Hall–Kier alpha value is -2.03. The zero-order chi connectivity index (χ0) is 16.9. The number of methoxy groups -OCH3 is 1. The molecule has 3 nitrogen and oxygen atoms in total. The molecule has 1 fully saturated rings. The van der Waals surface area contributed by atoms with Crippen LogP contribution in [0.2, 0.25) is 0 Å². The van der Waals surface area contributed by atoms with Crippen molar-refractivity contribution in [3.8, 4) is 5.75 Å². The van der Waals surface area contributed by atoms with Crippen molar-refractivity contribution in [2.24, 2.45) is 5.41 Å². The first-order chi connectivity index (χ1) is 11.5. The maximum atomic E-state index is 11.5. The summed E-state index contributed by atoms with van der Waals surface area (Å²) < 4.78 is 11.0. The number of esters is 1. The van der Waals surface area contributed by atoms with Crippen molar-refractivity contribution >= 4 is 16.7 Å². The van der Waals surface area contributed by atoms with Gasteiger partial charge >= 0.3 is 5.97 Å². The molecule has 2 aromatic carbocycles. The number of carbonyl (C=O) groups excluding carboxylic acids is 1. The maximum absolute atomic E-state index is 11.5. The number of rotatable bonds is 2. The molecule has 4 rings (SSSR count). The average molecular weight is 324 g/mol. The Morgan fingerprint density at radius 3 is 2.79 bits per heavy atom. The molecule has 0 aromatic heterocycles. The third kappa shape index (κ3) is 2.21. The van der Waals surface area contributed by atoms with Crippen molar-refractivity contribution in [2.45, 2.75) is 51.6 Å². The van der Waals surface area contributed by atoms with E-state index in [1.54, 1.807) is 7.11 Å². The van der Waals surface area contributed by atoms with Crippen LogP contribution in [0.1, 0.15) is 50.2 Å². The van der Waals surface area contributed by atoms with Gasteiger partial charge in [0.2, 0.25) is 0 Å². The van der Waals surface area contributed by atoms with Gasteiger partial charge in [-0.1, -0.05) is 25.1 Å². The molecule has 3 atom stereocenters. The molecule has 0 N–H and O–H groups in total. The van der Waals surface area contributed by atoms with Gasteiger partial charge in [0.05, 0.1) is 7.11 Å². The fourth-order valence-corrected chi connectivity index (χ4v) is 4.96. The van der Waals surface area contributed by atoms with Crippen LogP contribution in [0.15, 0.2) is 30.3 Å². The number of ether oxygens (including phenoxy) is 2. The van der Waals surface area contributed by atoms with E-state index in [4.69, 9.17) is 9.47 Å². The van der Waals surface area contributed by atoms with Crippen molar-refractivity contribution in [1.82, 2.24) is 0 Å². The Balaban J connectivity index is 1.78. The monoisotopic (exact) mass is 324 g/mol. The van der Waals surface area contributed by atoms with Gasteiger partial charge in [-0.15, -0.1) is 0 Å². The lowest BCUT2D eigenvalue weighted by Gasteiger charge is -2.41. The van der Waals surface area contributed by atoms with E-state index in [2.05, 4.69) is 31.2 Å². The molecule has 126 valence electrons. The SMILES string of the molecule is COc1ccc2c3c(ccc2c1)[C@H]1CC[C@H](OC(C)=O)[C@@]1(C)CC3. The molecule has 1 saturated carbocycles. The van der Waals surface area contributed by atoms with Crippen LogP contribution in [0, 0.1) is 5.41 Å². The number of benzene rings is 2. The van der Waals surface area contributed by atoms with Gasteiger partial charge in [0.1, 0.15) is 11.9 Å². The number of carbonyl (C=O) groups is 1. The van der Waals surface area contributed by atoms with Crippen molar-refractivity contribution in [3.63, 3.8) is 0 Å². The lowest BCUT2D eigenvalue weighted by Crippen LogP contribution is -2.37. The first kappa shape index (κ1) is 15.5. The molecule has 2 aliphatic rings. The number of hydrogen-bond acceptors (Lipinski definition) is 3. The molecule has 0 bridgehead atoms. The van der Waals surface area contributed by atoms with E-state index in [1.165, 1.54) is 28.8 Å². The van der Waals surface area contributed by atoms with Gasteiger partial charge in [-0.05, 0) is 65.6 Å². The second-order valence-electron chi connectivity index (χ2n) is 7.45. The minimum absolute atomic E-state index is 0.0553. The first-order valence-corrected chi connectivity index (χ1v) is 8.79. The molecular formula is C21H24O3. The summed E-state index contributed by atoms with van der Waals surface area (Å²) in [6.07, 6.45) is 4.25. The highest BCUT2D eigenvalue weighted by Gasteiger charge is 2.51. The fourth-order valence-electron chi connectivity index (χ4n) is 4.96. The van der Waals surface area contributed by atoms with Gasteiger partial charge < -0.3 is 9.47 Å². The largest absolute Gasteiger partial charge is 0.497 e. The Kier molecular flexibility index (Phi) is 3.56. The topological polar surface area (TPSA) is 35.5 Å². The van der Waals surface area contributed by atoms with Gasteiger partial charge in [0, 0.05) is 12.3 Å². The Morgan fingerprint density at radius 1 is 1.21 bits per heavy atom. The van der Waals surface area contributed by atoms with Crippen molar-refractivity contribution in [2.75, 3.05) is 7.11 Å². The molecule has 3 heteroatoms. The predicted octanol–water partition coefficient (Wildman–Crippen LogP) is 4.61. The fraction of sp³-hybridized carbons (Fsp3) is 0.476. The van der Waals surface area contributed by atoms with Crippen LogP contribution >= 0.6 is 0 Å². The van der Waals surface area contributed by atoms with Crippen molar-refractivity contribution in [3.05, 3.63) is 41.5 Å². The number of aryl methyl sites for hydroxylation is 1. The highest BCUT2D eigenvalue weighted by Crippen LogP contribution is 2.57. The average Bonchev–Trinajstić information content (AvgIpc) is 2.90. The smallest absolute Gasteiger partial charge is 0.302 e. The predicted molar refractivity (Wildman–Crippen MR) is 94.5 cm³/mol. The Labute approximate surface area is 143 Å². The van der Waals surface area contributed by atoms with Crippen LogP contribution < -0.4 is 4.74 Å². The molecule has 0 heterocycles. The summed E-state index contributed by atoms with van der Waals surface area (Å²) >= 11 is 0. The van der Waals surface area contributed by atoms with Crippen LogP contribution in [0.5, 0.6) is 5.75 Å². The van der Waals surface area contributed by atoms with E-state index < -0.39 is 0 Å². The molecule has 0 spiro atoms. The number of fused-ring (bicyclic) bond motifs is 5. The number of hydrogen-bond donors (Lipinski definition) is 0. The van der Waals surface area contributed by atoms with E-state index in [1.807, 2.05) is 6.07 Å².